The molecule has 6 rings (SSSR count). The highest BCUT2D eigenvalue weighted by atomic mass is 19.4. The van der Waals surface area contributed by atoms with E-state index in [0.29, 0.717) is 41.4 Å². The van der Waals surface area contributed by atoms with Crippen LogP contribution in [0.2, 0.25) is 0 Å². The number of carbonyl (C=O) groups excluding carboxylic acids is 3. The molecule has 2 aromatic carbocycles. The van der Waals surface area contributed by atoms with Crippen molar-refractivity contribution >= 4 is 50.7 Å². The van der Waals surface area contributed by atoms with E-state index in [-0.39, 0.29) is 56.6 Å². The normalized spacial score (nSPS) is 17.9. The first-order valence-electron chi connectivity index (χ1n) is 19.8. The second-order valence-corrected chi connectivity index (χ2v) is 14.5. The number of aliphatic hydroxyl groups excluding tert-OH is 1. The maximum absolute atomic E-state index is 12.9. The number of benzene rings is 2. The number of fused-ring (bicyclic) bond motifs is 2. The van der Waals surface area contributed by atoms with Crippen molar-refractivity contribution in [1.29, 1.82) is 0 Å². The zero-order chi connectivity index (χ0) is 43.5. The third kappa shape index (κ3) is 12.4. The number of hydrogen-bond donors (Lipinski definition) is 4. The molecule has 0 saturated carbocycles. The van der Waals surface area contributed by atoms with Gasteiger partial charge in [-0.3, -0.25) is 24.4 Å². The van der Waals surface area contributed by atoms with Crippen LogP contribution in [0.5, 0.6) is 0 Å². The third-order valence-electron chi connectivity index (χ3n) is 10.3. The highest BCUT2D eigenvalue weighted by Crippen LogP contribution is 2.42. The van der Waals surface area contributed by atoms with Gasteiger partial charge in [-0.2, -0.15) is 26.3 Å². The molecule has 0 radical (unpaired) electrons. The lowest BCUT2D eigenvalue weighted by Gasteiger charge is -2.24. The number of rotatable bonds is 10. The summed E-state index contributed by atoms with van der Waals surface area (Å²) in [6.07, 6.45) is -0.731. The van der Waals surface area contributed by atoms with Gasteiger partial charge in [0.2, 0.25) is 5.91 Å². The average molecular weight is 828 g/mol. The minimum Gasteiger partial charge on any atom is -0.394 e. The van der Waals surface area contributed by atoms with Gasteiger partial charge in [0, 0.05) is 46.8 Å². The first-order valence-corrected chi connectivity index (χ1v) is 19.8. The van der Waals surface area contributed by atoms with Crippen molar-refractivity contribution in [2.24, 2.45) is 17.6 Å². The summed E-state index contributed by atoms with van der Waals surface area (Å²) in [6.45, 7) is 7.41. The number of alkyl halides is 6. The van der Waals surface area contributed by atoms with Crippen molar-refractivity contribution in [3.05, 3.63) is 95.3 Å². The molecule has 5 N–H and O–H groups in total. The topological polar surface area (TPSA) is 147 Å². The van der Waals surface area contributed by atoms with Gasteiger partial charge in [0.15, 0.2) is 0 Å². The molecule has 2 aromatic heterocycles. The van der Waals surface area contributed by atoms with E-state index >= 15 is 0 Å². The number of nitrogens with zero attached hydrogens (tertiary/aromatic N) is 2. The van der Waals surface area contributed by atoms with E-state index in [1.165, 1.54) is 12.4 Å². The number of pyridine rings is 2. The molecule has 15 heteroatoms. The lowest BCUT2D eigenvalue weighted by atomic mass is 9.85. The zero-order valence-electron chi connectivity index (χ0n) is 33.5. The number of halogens is 6. The Balaban J connectivity index is 0.000000250. The summed E-state index contributed by atoms with van der Waals surface area (Å²) < 4.78 is 77.4. The molecule has 0 saturated heterocycles. The molecule has 3 amide bonds. The number of hydrogen-bond acceptors (Lipinski definition) is 6. The maximum Gasteiger partial charge on any atom is 0.392 e. The monoisotopic (exact) mass is 827 g/mol. The lowest BCUT2D eigenvalue weighted by molar-refractivity contribution is -0.176. The molecule has 9 nitrogen and oxygen atoms in total. The van der Waals surface area contributed by atoms with Crippen LogP contribution in [-0.2, 0) is 4.79 Å². The van der Waals surface area contributed by atoms with Gasteiger partial charge in [-0.1, -0.05) is 69.3 Å². The standard InChI is InChI=1S/C21H22F3N3O2.C21H23F3N2O2.C2H6/c1-12(9-18(25)28)27-20(29)15-10-14-3-2-4-17(19(14)26-11-15)13-5-7-16(8-6-13)21(22,23)24;1-2-17(12-27)26-20(28)15-10-14-4-3-5-18(19(14)25-11-15)13-6-8-16(9-7-13)21(22,23)24;1-2/h2-5,10-12,16H,6-9H2,1H3,(H2,25,28)(H,27,29);3-6,10-11,16-17,27H,2,7-9,12H2,1H3,(H,26,28);1-2H3. The minimum atomic E-state index is -4.17. The average Bonchev–Trinajstić information content (AvgIpc) is 3.22. The van der Waals surface area contributed by atoms with E-state index in [9.17, 15) is 45.8 Å². The Bertz CT molecular complexity index is 2160. The number of carbonyl (C=O) groups is 3. The molecule has 4 atom stereocenters. The van der Waals surface area contributed by atoms with Crippen LogP contribution in [0.25, 0.3) is 33.0 Å². The van der Waals surface area contributed by atoms with Gasteiger partial charge in [0.25, 0.3) is 11.8 Å². The summed E-state index contributed by atoms with van der Waals surface area (Å²) in [4.78, 5) is 44.5. The van der Waals surface area contributed by atoms with Crippen molar-refractivity contribution in [3.8, 4) is 0 Å². The van der Waals surface area contributed by atoms with E-state index in [0.717, 1.165) is 33.0 Å². The predicted octanol–water partition coefficient (Wildman–Crippen LogP) is 9.48. The van der Waals surface area contributed by atoms with Gasteiger partial charge in [-0.25, -0.2) is 0 Å². The second-order valence-electron chi connectivity index (χ2n) is 14.5. The number of para-hydroxylation sites is 2. The molecule has 2 heterocycles. The van der Waals surface area contributed by atoms with Crippen LogP contribution in [0, 0.1) is 11.8 Å². The Hall–Kier alpha value is -5.31. The van der Waals surface area contributed by atoms with Crippen molar-refractivity contribution in [2.75, 3.05) is 6.61 Å². The molecule has 4 aromatic rings. The fraction of sp³-hybridized carbons (Fsp3) is 0.432. The summed E-state index contributed by atoms with van der Waals surface area (Å²) in [5, 5.41) is 16.1. The zero-order valence-corrected chi connectivity index (χ0v) is 33.5. The first-order chi connectivity index (χ1) is 28.0. The number of nitrogens with two attached hydrogens (primary N) is 1. The highest BCUT2D eigenvalue weighted by Gasteiger charge is 2.41. The summed E-state index contributed by atoms with van der Waals surface area (Å²) in [5.74, 6) is -3.78. The van der Waals surface area contributed by atoms with Crippen LogP contribution in [0.4, 0.5) is 26.3 Å². The summed E-state index contributed by atoms with van der Waals surface area (Å²) in [5.41, 5.74) is 10.5. The van der Waals surface area contributed by atoms with E-state index in [1.807, 2.05) is 45.0 Å². The van der Waals surface area contributed by atoms with Crippen molar-refractivity contribution in [1.82, 2.24) is 20.6 Å². The minimum absolute atomic E-state index is 0.0186. The smallest absolute Gasteiger partial charge is 0.392 e. The van der Waals surface area contributed by atoms with E-state index in [2.05, 4.69) is 20.6 Å². The van der Waals surface area contributed by atoms with Gasteiger partial charge >= 0.3 is 12.4 Å². The van der Waals surface area contributed by atoms with Gasteiger partial charge in [0.05, 0.1) is 46.6 Å². The third-order valence-corrected chi connectivity index (χ3v) is 10.3. The van der Waals surface area contributed by atoms with E-state index in [4.69, 9.17) is 5.73 Å². The summed E-state index contributed by atoms with van der Waals surface area (Å²) >= 11 is 0. The molecular formula is C44H51F6N5O4. The number of allylic oxidation sites excluding steroid dienone is 4. The predicted molar refractivity (Wildman–Crippen MR) is 217 cm³/mol. The number of amides is 3. The van der Waals surface area contributed by atoms with Crippen LogP contribution in [0.1, 0.15) is 111 Å². The van der Waals surface area contributed by atoms with Gasteiger partial charge in [-0.15, -0.1) is 0 Å². The molecule has 0 aliphatic heterocycles. The fourth-order valence-corrected chi connectivity index (χ4v) is 7.05. The molecule has 318 valence electrons. The van der Waals surface area contributed by atoms with Crippen molar-refractivity contribution in [2.45, 2.75) is 103 Å². The Morgan fingerprint density at radius 2 is 1.22 bits per heavy atom. The van der Waals surface area contributed by atoms with E-state index in [1.54, 1.807) is 43.3 Å². The highest BCUT2D eigenvalue weighted by molar-refractivity contribution is 6.00. The van der Waals surface area contributed by atoms with Crippen LogP contribution >= 0.6 is 0 Å². The van der Waals surface area contributed by atoms with Gasteiger partial charge < -0.3 is 21.5 Å². The Morgan fingerprint density at radius 1 is 0.780 bits per heavy atom. The maximum atomic E-state index is 12.9. The van der Waals surface area contributed by atoms with Crippen LogP contribution in [-0.4, -0.2) is 63.8 Å². The summed E-state index contributed by atoms with van der Waals surface area (Å²) in [6, 6.07) is 13.6. The van der Waals surface area contributed by atoms with Crippen molar-refractivity contribution in [3.63, 3.8) is 0 Å². The fourth-order valence-electron chi connectivity index (χ4n) is 7.05. The molecule has 59 heavy (non-hydrogen) atoms. The lowest BCUT2D eigenvalue weighted by Crippen LogP contribution is -2.36. The SMILES string of the molecule is CC.CC(CC(N)=O)NC(=O)c1cnc2c(C3=CCC(C(F)(F)F)CC3)cccc2c1.CCC(CO)NC(=O)c1cnc2c(C3=CCC(C(F)(F)F)CC3)cccc2c1. The first kappa shape index (κ1) is 46.4. The number of primary amides is 1. The Morgan fingerprint density at radius 3 is 1.58 bits per heavy atom. The molecule has 0 spiro atoms. The molecule has 4 unspecified atom stereocenters. The Labute approximate surface area is 339 Å². The molecule has 0 fully saturated rings. The quantitative estimate of drug-likeness (QED) is 0.117. The summed E-state index contributed by atoms with van der Waals surface area (Å²) in [7, 11) is 0. The Kier molecular flexibility index (Phi) is 16.2. The molecule has 0 bridgehead atoms. The van der Waals surface area contributed by atoms with Crippen LogP contribution in [0.15, 0.2) is 73.1 Å². The van der Waals surface area contributed by atoms with Crippen molar-refractivity contribution < 1.29 is 45.8 Å². The second kappa shape index (κ2) is 20.6. The molecule has 2 aliphatic rings. The van der Waals surface area contributed by atoms with Crippen LogP contribution in [0.3, 0.4) is 0 Å². The molecular weight excluding hydrogens is 777 g/mol. The van der Waals surface area contributed by atoms with Gasteiger partial charge in [0.1, 0.15) is 0 Å². The molecule has 2 aliphatic carbocycles. The number of aliphatic hydroxyl groups is 1. The van der Waals surface area contributed by atoms with E-state index < -0.39 is 36.1 Å². The van der Waals surface area contributed by atoms with Gasteiger partial charge in [-0.05, 0) is 75.1 Å². The largest absolute Gasteiger partial charge is 0.394 e. The number of aromatic nitrogens is 2. The number of nitrogens with one attached hydrogen (secondary N) is 2. The van der Waals surface area contributed by atoms with Crippen LogP contribution < -0.4 is 16.4 Å².